The molecule has 0 saturated carbocycles. The Morgan fingerprint density at radius 3 is 2.04 bits per heavy atom. The molecule has 10 nitrogen and oxygen atoms in total. The molecule has 0 bridgehead atoms. The minimum absolute atomic E-state index is 0.245. The maximum atomic E-state index is 11.7. The highest BCUT2D eigenvalue weighted by molar-refractivity contribution is 5.73. The third kappa shape index (κ3) is 7.81. The standard InChI is InChI=1S/C18H29NO9/c1-6-7-8-24-18-15(19-10(2)20)17(27-13(5)23)16(26-12(4)22)14(28-18)9-25-11(3)21/h14-18H,6-9H2,1-5H3,(H,19,20)/t14-,15-,16+,17-,18-/m1/s1. The van der Waals surface area contributed by atoms with E-state index in [1.807, 2.05) is 6.92 Å². The average Bonchev–Trinajstić information content (AvgIpc) is 2.57. The zero-order valence-corrected chi connectivity index (χ0v) is 16.9. The summed E-state index contributed by atoms with van der Waals surface area (Å²) in [6.45, 7) is 6.97. The largest absolute Gasteiger partial charge is 0.463 e. The van der Waals surface area contributed by atoms with Crippen molar-refractivity contribution in [1.29, 1.82) is 0 Å². The van der Waals surface area contributed by atoms with E-state index < -0.39 is 54.5 Å². The number of hydrogen-bond acceptors (Lipinski definition) is 9. The normalized spacial score (nSPS) is 26.8. The molecule has 1 aliphatic rings. The van der Waals surface area contributed by atoms with Crippen LogP contribution in [0.15, 0.2) is 0 Å². The topological polar surface area (TPSA) is 126 Å². The molecule has 0 aromatic rings. The Balaban J connectivity index is 3.21. The molecule has 0 aromatic carbocycles. The van der Waals surface area contributed by atoms with Gasteiger partial charge in [0.05, 0.1) is 0 Å². The van der Waals surface area contributed by atoms with E-state index in [9.17, 15) is 19.2 Å². The lowest BCUT2D eigenvalue weighted by Crippen LogP contribution is -2.66. The van der Waals surface area contributed by atoms with Crippen LogP contribution in [0.25, 0.3) is 0 Å². The van der Waals surface area contributed by atoms with Gasteiger partial charge in [-0.3, -0.25) is 19.2 Å². The molecule has 0 unspecified atom stereocenters. The highest BCUT2D eigenvalue weighted by atomic mass is 16.7. The predicted molar refractivity (Wildman–Crippen MR) is 94.9 cm³/mol. The number of hydrogen-bond donors (Lipinski definition) is 1. The molecule has 28 heavy (non-hydrogen) atoms. The van der Waals surface area contributed by atoms with Gasteiger partial charge in [-0.1, -0.05) is 13.3 Å². The number of carbonyl (C=O) groups is 4. The molecule has 1 amide bonds. The Bertz CT molecular complexity index is 565. The maximum Gasteiger partial charge on any atom is 0.303 e. The van der Waals surface area contributed by atoms with E-state index in [0.29, 0.717) is 6.61 Å². The number of amides is 1. The van der Waals surface area contributed by atoms with Gasteiger partial charge < -0.3 is 29.0 Å². The van der Waals surface area contributed by atoms with Crippen LogP contribution in [0.1, 0.15) is 47.5 Å². The maximum absolute atomic E-state index is 11.7. The minimum Gasteiger partial charge on any atom is -0.463 e. The summed E-state index contributed by atoms with van der Waals surface area (Å²) in [6, 6.07) is -0.920. The molecule has 1 saturated heterocycles. The third-order valence-corrected chi connectivity index (χ3v) is 3.85. The summed E-state index contributed by atoms with van der Waals surface area (Å²) >= 11 is 0. The van der Waals surface area contributed by atoms with Gasteiger partial charge in [-0.15, -0.1) is 0 Å². The van der Waals surface area contributed by atoms with Gasteiger partial charge >= 0.3 is 17.9 Å². The smallest absolute Gasteiger partial charge is 0.303 e. The van der Waals surface area contributed by atoms with E-state index >= 15 is 0 Å². The lowest BCUT2D eigenvalue weighted by molar-refractivity contribution is -0.277. The van der Waals surface area contributed by atoms with Crippen LogP contribution in [-0.4, -0.2) is 67.7 Å². The Labute approximate surface area is 164 Å². The fourth-order valence-electron chi connectivity index (χ4n) is 2.78. The lowest BCUT2D eigenvalue weighted by atomic mass is 9.96. The van der Waals surface area contributed by atoms with Crippen molar-refractivity contribution in [3.8, 4) is 0 Å². The summed E-state index contributed by atoms with van der Waals surface area (Å²) in [7, 11) is 0. The van der Waals surface area contributed by atoms with Crippen molar-refractivity contribution in [1.82, 2.24) is 5.32 Å². The number of esters is 3. The second-order valence-corrected chi connectivity index (χ2v) is 6.44. The Hall–Kier alpha value is -2.20. The van der Waals surface area contributed by atoms with Crippen molar-refractivity contribution >= 4 is 23.8 Å². The zero-order valence-electron chi connectivity index (χ0n) is 16.9. The summed E-state index contributed by atoms with van der Waals surface area (Å²) in [5.74, 6) is -2.25. The summed E-state index contributed by atoms with van der Waals surface area (Å²) in [5.41, 5.74) is 0. The molecule has 1 N–H and O–H groups in total. The fraction of sp³-hybridized carbons (Fsp3) is 0.778. The molecular formula is C18H29NO9. The summed E-state index contributed by atoms with van der Waals surface area (Å²) in [4.78, 5) is 46.2. The monoisotopic (exact) mass is 403 g/mol. The minimum atomic E-state index is -1.11. The van der Waals surface area contributed by atoms with Gasteiger partial charge in [-0.25, -0.2) is 0 Å². The molecule has 160 valence electrons. The molecule has 1 heterocycles. The summed E-state index contributed by atoms with van der Waals surface area (Å²) in [6.07, 6.45) is -2.53. The Morgan fingerprint density at radius 2 is 1.54 bits per heavy atom. The lowest BCUT2D eigenvalue weighted by Gasteiger charge is -2.44. The van der Waals surface area contributed by atoms with Gasteiger partial charge in [0.1, 0.15) is 18.8 Å². The average molecular weight is 403 g/mol. The first-order chi connectivity index (χ1) is 13.1. The number of ether oxygens (including phenoxy) is 5. The summed E-state index contributed by atoms with van der Waals surface area (Å²) in [5, 5.41) is 2.64. The molecule has 1 rings (SSSR count). The van der Waals surface area contributed by atoms with E-state index in [1.54, 1.807) is 0 Å². The first kappa shape index (κ1) is 23.8. The SMILES string of the molecule is CCCCO[C@@H]1O[C@H](COC(C)=O)[C@H](OC(C)=O)[C@H](OC(C)=O)[C@H]1NC(C)=O. The molecule has 1 fully saturated rings. The van der Waals surface area contributed by atoms with Crippen molar-refractivity contribution in [3.05, 3.63) is 0 Å². The number of nitrogens with one attached hydrogen (secondary N) is 1. The van der Waals surface area contributed by atoms with Crippen LogP contribution in [0.2, 0.25) is 0 Å². The molecule has 10 heteroatoms. The fourth-order valence-corrected chi connectivity index (χ4v) is 2.78. The van der Waals surface area contributed by atoms with Gasteiger partial charge in [-0.05, 0) is 6.42 Å². The molecular weight excluding hydrogens is 374 g/mol. The van der Waals surface area contributed by atoms with Gasteiger partial charge in [-0.2, -0.15) is 0 Å². The van der Waals surface area contributed by atoms with Gasteiger partial charge in [0, 0.05) is 34.3 Å². The van der Waals surface area contributed by atoms with Gasteiger partial charge in [0.2, 0.25) is 5.91 Å². The first-order valence-corrected chi connectivity index (χ1v) is 9.17. The van der Waals surface area contributed by atoms with Crippen LogP contribution in [0.3, 0.4) is 0 Å². The molecule has 1 aliphatic heterocycles. The second kappa shape index (κ2) is 11.6. The number of carbonyl (C=O) groups excluding carboxylic acids is 4. The van der Waals surface area contributed by atoms with Crippen LogP contribution in [-0.2, 0) is 42.9 Å². The molecule has 5 atom stereocenters. The highest BCUT2D eigenvalue weighted by Gasteiger charge is 2.51. The molecule has 0 spiro atoms. The van der Waals surface area contributed by atoms with Crippen LogP contribution in [0.4, 0.5) is 0 Å². The van der Waals surface area contributed by atoms with E-state index in [0.717, 1.165) is 12.8 Å². The van der Waals surface area contributed by atoms with Crippen LogP contribution >= 0.6 is 0 Å². The van der Waals surface area contributed by atoms with Gasteiger partial charge in [0.15, 0.2) is 18.5 Å². The van der Waals surface area contributed by atoms with E-state index in [4.69, 9.17) is 23.7 Å². The van der Waals surface area contributed by atoms with Gasteiger partial charge in [0.25, 0.3) is 0 Å². The van der Waals surface area contributed by atoms with Crippen LogP contribution in [0.5, 0.6) is 0 Å². The second-order valence-electron chi connectivity index (χ2n) is 6.44. The third-order valence-electron chi connectivity index (χ3n) is 3.85. The Morgan fingerprint density at radius 1 is 0.929 bits per heavy atom. The van der Waals surface area contributed by atoms with Crippen molar-refractivity contribution in [3.63, 3.8) is 0 Å². The van der Waals surface area contributed by atoms with Crippen molar-refractivity contribution in [2.24, 2.45) is 0 Å². The van der Waals surface area contributed by atoms with E-state index in [2.05, 4.69) is 5.32 Å². The predicted octanol–water partition coefficient (Wildman–Crippen LogP) is 0.459. The van der Waals surface area contributed by atoms with E-state index in [-0.39, 0.29) is 6.61 Å². The van der Waals surface area contributed by atoms with Crippen LogP contribution < -0.4 is 5.32 Å². The molecule has 0 aromatic heterocycles. The first-order valence-electron chi connectivity index (χ1n) is 9.17. The summed E-state index contributed by atoms with van der Waals surface area (Å²) < 4.78 is 27.2. The number of rotatable bonds is 9. The Kier molecular flexibility index (Phi) is 9.88. The van der Waals surface area contributed by atoms with E-state index in [1.165, 1.54) is 27.7 Å². The van der Waals surface area contributed by atoms with Crippen molar-refractivity contribution in [2.75, 3.05) is 13.2 Å². The highest BCUT2D eigenvalue weighted by Crippen LogP contribution is 2.28. The quantitative estimate of drug-likeness (QED) is 0.332. The van der Waals surface area contributed by atoms with Crippen LogP contribution in [0, 0.1) is 0 Å². The van der Waals surface area contributed by atoms with Crippen molar-refractivity contribution < 1.29 is 42.9 Å². The molecule has 0 aliphatic carbocycles. The van der Waals surface area contributed by atoms with Crippen molar-refractivity contribution in [2.45, 2.75) is 78.1 Å². The zero-order chi connectivity index (χ0) is 21.3. The molecule has 0 radical (unpaired) electrons. The number of unbranched alkanes of at least 4 members (excludes halogenated alkanes) is 1.